The van der Waals surface area contributed by atoms with Crippen molar-refractivity contribution in [3.8, 4) is 0 Å². The molecule has 0 saturated heterocycles. The fourth-order valence-corrected chi connectivity index (χ4v) is 11.1. The lowest BCUT2D eigenvalue weighted by Crippen LogP contribution is -2.47. The smallest absolute Gasteiger partial charge is 0.124 e. The molecule has 0 radical (unpaired) electrons. The first-order chi connectivity index (χ1) is 12.2. The summed E-state index contributed by atoms with van der Waals surface area (Å²) < 4.78 is 5.57. The standard InChI is InChI=1S/C23H34O2Si/c1-17(2)26(18(3)4,19(5)6)23(16-24)22(20(7)25-8)15-14-21-12-10-9-11-13-21/h9-15,17-19H,1-8H3/b15-14+,22-20+. The molecule has 0 fully saturated rings. The highest BCUT2D eigenvalue weighted by atomic mass is 28.3. The lowest BCUT2D eigenvalue weighted by molar-refractivity contribution is 0.291. The summed E-state index contributed by atoms with van der Waals surface area (Å²) in [6.07, 6.45) is 4.08. The number of hydrogen-bond donors (Lipinski definition) is 0. The van der Waals surface area contributed by atoms with Crippen LogP contribution in [-0.4, -0.2) is 21.1 Å². The third-order valence-corrected chi connectivity index (χ3v) is 12.6. The zero-order valence-electron chi connectivity index (χ0n) is 17.6. The van der Waals surface area contributed by atoms with Gasteiger partial charge in [-0.15, -0.1) is 0 Å². The van der Waals surface area contributed by atoms with Crippen molar-refractivity contribution in [3.05, 3.63) is 58.5 Å². The highest BCUT2D eigenvalue weighted by Gasteiger charge is 2.48. The second-order valence-corrected chi connectivity index (χ2v) is 13.6. The van der Waals surface area contributed by atoms with E-state index in [-0.39, 0.29) is 0 Å². The van der Waals surface area contributed by atoms with Crippen LogP contribution >= 0.6 is 0 Å². The van der Waals surface area contributed by atoms with Gasteiger partial charge in [-0.1, -0.05) is 84.0 Å². The Kier molecular flexibility index (Phi) is 8.33. The van der Waals surface area contributed by atoms with Crippen molar-refractivity contribution in [2.45, 2.75) is 65.1 Å². The first kappa shape index (κ1) is 22.2. The minimum Gasteiger partial charge on any atom is -0.501 e. The molecule has 0 aliphatic heterocycles. The lowest BCUT2D eigenvalue weighted by Gasteiger charge is -2.43. The van der Waals surface area contributed by atoms with Crippen LogP contribution in [-0.2, 0) is 9.53 Å². The van der Waals surface area contributed by atoms with Gasteiger partial charge in [0.25, 0.3) is 0 Å². The van der Waals surface area contributed by atoms with E-state index in [9.17, 15) is 4.79 Å². The first-order valence-corrected chi connectivity index (χ1v) is 11.7. The molecular weight excluding hydrogens is 336 g/mol. The molecule has 142 valence electrons. The average molecular weight is 371 g/mol. The summed E-state index contributed by atoms with van der Waals surface area (Å²) in [6.45, 7) is 15.5. The Morgan fingerprint density at radius 3 is 1.88 bits per heavy atom. The van der Waals surface area contributed by atoms with Gasteiger partial charge in [-0.25, -0.2) is 4.79 Å². The minimum absolute atomic E-state index is 0.434. The fraction of sp³-hybridized carbons (Fsp3) is 0.478. The van der Waals surface area contributed by atoms with Crippen LogP contribution in [0.5, 0.6) is 0 Å². The number of methoxy groups -OCH3 is 1. The van der Waals surface area contributed by atoms with Crippen molar-refractivity contribution in [3.63, 3.8) is 0 Å². The quantitative estimate of drug-likeness (QED) is 0.223. The molecule has 0 saturated carbocycles. The maximum absolute atomic E-state index is 12.3. The number of benzene rings is 1. The Labute approximate surface area is 160 Å². The molecule has 26 heavy (non-hydrogen) atoms. The monoisotopic (exact) mass is 370 g/mol. The summed E-state index contributed by atoms with van der Waals surface area (Å²) in [5.41, 5.74) is 3.30. The Morgan fingerprint density at radius 2 is 1.50 bits per heavy atom. The molecule has 0 aliphatic rings. The number of allylic oxidation sites excluding steroid dienone is 4. The summed E-state index contributed by atoms with van der Waals surface area (Å²) in [7, 11) is -0.469. The summed E-state index contributed by atoms with van der Waals surface area (Å²) in [4.78, 5) is 12.3. The van der Waals surface area contributed by atoms with E-state index in [0.29, 0.717) is 16.6 Å². The summed E-state index contributed by atoms with van der Waals surface area (Å²) in [5, 5.41) is 0.851. The molecule has 0 spiro atoms. The molecule has 0 amide bonds. The van der Waals surface area contributed by atoms with E-state index in [1.807, 2.05) is 31.2 Å². The molecule has 3 heteroatoms. The Balaban J connectivity index is 3.62. The average Bonchev–Trinajstić information content (AvgIpc) is 2.60. The van der Waals surface area contributed by atoms with Gasteiger partial charge in [-0.2, -0.15) is 0 Å². The Morgan fingerprint density at radius 1 is 1.00 bits per heavy atom. The largest absolute Gasteiger partial charge is 0.501 e. The molecule has 1 aromatic carbocycles. The van der Waals surface area contributed by atoms with Crippen LogP contribution in [0.25, 0.3) is 6.08 Å². The van der Waals surface area contributed by atoms with Crippen LogP contribution in [0.3, 0.4) is 0 Å². The highest BCUT2D eigenvalue weighted by molar-refractivity contribution is 6.91. The SMILES string of the molecule is CO/C(C)=C(\C=C\c1ccccc1)C(=C=O)[Si](C(C)C)(C(C)C)C(C)C. The van der Waals surface area contributed by atoms with E-state index in [2.05, 4.69) is 65.7 Å². The molecule has 1 rings (SSSR count). The predicted octanol–water partition coefficient (Wildman–Crippen LogP) is 6.60. The van der Waals surface area contributed by atoms with Crippen LogP contribution < -0.4 is 0 Å². The van der Waals surface area contributed by atoms with Gasteiger partial charge in [-0.3, -0.25) is 0 Å². The maximum atomic E-state index is 12.3. The molecule has 1 aromatic rings. The van der Waals surface area contributed by atoms with Gasteiger partial charge in [0.05, 0.1) is 7.11 Å². The minimum atomic E-state index is -2.13. The molecule has 0 heterocycles. The van der Waals surface area contributed by atoms with Crippen LogP contribution in [0.4, 0.5) is 0 Å². The third kappa shape index (κ3) is 4.46. The number of hydrogen-bond acceptors (Lipinski definition) is 2. The molecule has 0 aromatic heterocycles. The molecule has 2 nitrogen and oxygen atoms in total. The van der Waals surface area contributed by atoms with Crippen molar-refractivity contribution >= 4 is 20.1 Å². The van der Waals surface area contributed by atoms with E-state index >= 15 is 0 Å². The van der Waals surface area contributed by atoms with Gasteiger partial charge in [0.1, 0.15) is 19.8 Å². The van der Waals surface area contributed by atoms with Gasteiger partial charge in [0.15, 0.2) is 0 Å². The zero-order chi connectivity index (χ0) is 19.9. The van der Waals surface area contributed by atoms with Crippen molar-refractivity contribution in [2.24, 2.45) is 0 Å². The predicted molar refractivity (Wildman–Crippen MR) is 115 cm³/mol. The maximum Gasteiger partial charge on any atom is 0.124 e. The molecule has 0 bridgehead atoms. The molecule has 0 N–H and O–H groups in total. The number of ether oxygens (including phenoxy) is 1. The number of carbonyl (C=O) groups excluding carboxylic acids is 1. The van der Waals surface area contributed by atoms with E-state index in [4.69, 9.17) is 4.74 Å². The van der Waals surface area contributed by atoms with Gasteiger partial charge >= 0.3 is 0 Å². The first-order valence-electron chi connectivity index (χ1n) is 9.47. The summed E-state index contributed by atoms with van der Waals surface area (Å²) >= 11 is 0. The lowest BCUT2D eigenvalue weighted by atomic mass is 10.1. The molecular formula is C23H34O2Si. The third-order valence-electron chi connectivity index (χ3n) is 5.60. The van der Waals surface area contributed by atoms with E-state index in [1.165, 1.54) is 0 Å². The normalized spacial score (nSPS) is 13.3. The van der Waals surface area contributed by atoms with Gasteiger partial charge in [0, 0.05) is 10.8 Å². The van der Waals surface area contributed by atoms with Crippen molar-refractivity contribution in [1.82, 2.24) is 0 Å². The second-order valence-electron chi connectivity index (χ2n) is 7.79. The zero-order valence-corrected chi connectivity index (χ0v) is 18.6. The van der Waals surface area contributed by atoms with E-state index in [0.717, 1.165) is 22.1 Å². The van der Waals surface area contributed by atoms with Gasteiger partial charge < -0.3 is 4.74 Å². The Hall–Kier alpha value is -1.83. The second kappa shape index (κ2) is 9.75. The Bertz CT molecular complexity index is 668. The van der Waals surface area contributed by atoms with E-state index < -0.39 is 8.07 Å². The molecule has 0 aliphatic carbocycles. The highest BCUT2D eigenvalue weighted by Crippen LogP contribution is 2.48. The van der Waals surface area contributed by atoms with Gasteiger partial charge in [0.2, 0.25) is 0 Å². The topological polar surface area (TPSA) is 26.3 Å². The fourth-order valence-electron chi connectivity index (χ4n) is 4.47. The van der Waals surface area contributed by atoms with E-state index in [1.54, 1.807) is 7.11 Å². The van der Waals surface area contributed by atoms with Crippen LogP contribution in [0.15, 0.2) is 52.9 Å². The molecule has 0 atom stereocenters. The van der Waals surface area contributed by atoms with Gasteiger partial charge in [-0.05, 0) is 29.1 Å². The number of rotatable bonds is 8. The summed E-state index contributed by atoms with van der Waals surface area (Å²) in [5.74, 6) is 3.15. The van der Waals surface area contributed by atoms with Crippen molar-refractivity contribution < 1.29 is 9.53 Å². The van der Waals surface area contributed by atoms with Crippen molar-refractivity contribution in [2.75, 3.05) is 7.11 Å². The summed E-state index contributed by atoms with van der Waals surface area (Å²) in [6, 6.07) is 10.1. The van der Waals surface area contributed by atoms with Crippen molar-refractivity contribution in [1.29, 1.82) is 0 Å². The van der Waals surface area contributed by atoms with Crippen LogP contribution in [0.1, 0.15) is 54.0 Å². The van der Waals surface area contributed by atoms with Crippen LogP contribution in [0, 0.1) is 0 Å². The molecule has 0 unspecified atom stereocenters. The van der Waals surface area contributed by atoms with Crippen LogP contribution in [0.2, 0.25) is 16.6 Å².